The molecule has 1 rings (SSSR count). The average molecular weight is 300 g/mol. The molecule has 0 aromatic heterocycles. The number of hydrogen-bond acceptors (Lipinski definition) is 3. The summed E-state index contributed by atoms with van der Waals surface area (Å²) in [6, 6.07) is 0.137. The number of aliphatic carboxylic acids is 1. The fraction of sp³-hybridized carbons (Fsp3) is 0.867. The molecule has 0 bridgehead atoms. The minimum atomic E-state index is -0.779. The van der Waals surface area contributed by atoms with Gasteiger partial charge in [0.2, 0.25) is 0 Å². The van der Waals surface area contributed by atoms with Crippen LogP contribution in [0.15, 0.2) is 0 Å². The van der Waals surface area contributed by atoms with Crippen molar-refractivity contribution in [1.82, 2.24) is 9.80 Å². The monoisotopic (exact) mass is 300 g/mol. The van der Waals surface area contributed by atoms with E-state index < -0.39 is 5.97 Å². The van der Waals surface area contributed by atoms with Gasteiger partial charge in [-0.1, -0.05) is 13.8 Å². The van der Waals surface area contributed by atoms with E-state index in [2.05, 4.69) is 0 Å². The molecule has 1 fully saturated rings. The molecule has 1 aliphatic rings. The molecule has 1 aliphatic heterocycles. The van der Waals surface area contributed by atoms with E-state index in [1.54, 1.807) is 9.80 Å². The van der Waals surface area contributed by atoms with E-state index >= 15 is 0 Å². The molecule has 1 atom stereocenters. The van der Waals surface area contributed by atoms with E-state index in [1.165, 1.54) is 0 Å². The summed E-state index contributed by atoms with van der Waals surface area (Å²) in [5, 5.41) is 17.9. The third kappa shape index (κ3) is 5.19. The number of carboxylic acid groups (broad SMARTS) is 1. The lowest BCUT2D eigenvalue weighted by molar-refractivity contribution is -0.137. The Morgan fingerprint density at radius 1 is 1.33 bits per heavy atom. The maximum atomic E-state index is 12.6. The highest BCUT2D eigenvalue weighted by atomic mass is 16.4. The lowest BCUT2D eigenvalue weighted by atomic mass is 10.0. The zero-order valence-corrected chi connectivity index (χ0v) is 13.1. The van der Waals surface area contributed by atoms with Crippen LogP contribution in [0.2, 0.25) is 0 Å². The molecule has 122 valence electrons. The standard InChI is InChI=1S/C15H28N2O4/c1-3-13(4-2)17(9-10-18)15(21)16-8-7-12(11-16)5-6-14(19)20/h12-13,18H,3-11H2,1-2H3,(H,19,20). The van der Waals surface area contributed by atoms with Gasteiger partial charge in [0.05, 0.1) is 6.61 Å². The van der Waals surface area contributed by atoms with E-state index in [4.69, 9.17) is 5.11 Å². The van der Waals surface area contributed by atoms with Crippen LogP contribution >= 0.6 is 0 Å². The smallest absolute Gasteiger partial charge is 0.320 e. The summed E-state index contributed by atoms with van der Waals surface area (Å²) in [5.41, 5.74) is 0. The summed E-state index contributed by atoms with van der Waals surface area (Å²) < 4.78 is 0. The summed E-state index contributed by atoms with van der Waals surface area (Å²) in [4.78, 5) is 26.8. The Labute approximate surface area is 126 Å². The molecule has 0 spiro atoms. The average Bonchev–Trinajstić information content (AvgIpc) is 2.93. The van der Waals surface area contributed by atoms with Crippen molar-refractivity contribution >= 4 is 12.0 Å². The molecule has 21 heavy (non-hydrogen) atoms. The number of carboxylic acids is 1. The van der Waals surface area contributed by atoms with Gasteiger partial charge >= 0.3 is 12.0 Å². The highest BCUT2D eigenvalue weighted by Gasteiger charge is 2.31. The fourth-order valence-corrected chi connectivity index (χ4v) is 3.02. The number of aliphatic hydroxyl groups is 1. The van der Waals surface area contributed by atoms with Gasteiger partial charge in [-0.2, -0.15) is 0 Å². The Balaban J connectivity index is 2.58. The highest BCUT2D eigenvalue weighted by molar-refractivity contribution is 5.75. The second-order valence-corrected chi connectivity index (χ2v) is 5.70. The second kappa shape index (κ2) is 8.87. The Morgan fingerprint density at radius 3 is 2.52 bits per heavy atom. The van der Waals surface area contributed by atoms with Gasteiger partial charge < -0.3 is 20.0 Å². The number of aliphatic hydroxyl groups excluding tert-OH is 1. The number of urea groups is 1. The van der Waals surface area contributed by atoms with Crippen LogP contribution in [0.4, 0.5) is 4.79 Å². The molecule has 0 radical (unpaired) electrons. The lowest BCUT2D eigenvalue weighted by Crippen LogP contribution is -2.48. The maximum absolute atomic E-state index is 12.6. The SMILES string of the molecule is CCC(CC)N(CCO)C(=O)N1CCC(CCC(=O)O)C1. The van der Waals surface area contributed by atoms with Crippen LogP contribution in [0, 0.1) is 5.92 Å². The molecule has 0 saturated carbocycles. The third-order valence-electron chi connectivity index (χ3n) is 4.29. The molecule has 1 saturated heterocycles. The Kier molecular flexibility index (Phi) is 7.50. The van der Waals surface area contributed by atoms with Crippen molar-refractivity contribution in [2.24, 2.45) is 5.92 Å². The van der Waals surface area contributed by atoms with Crippen molar-refractivity contribution in [1.29, 1.82) is 0 Å². The highest BCUT2D eigenvalue weighted by Crippen LogP contribution is 2.23. The Bertz CT molecular complexity index is 345. The first-order valence-corrected chi connectivity index (χ1v) is 7.91. The quantitative estimate of drug-likeness (QED) is 0.716. The van der Waals surface area contributed by atoms with E-state index in [-0.39, 0.29) is 31.0 Å². The van der Waals surface area contributed by atoms with E-state index in [0.717, 1.165) is 19.3 Å². The molecular formula is C15H28N2O4. The van der Waals surface area contributed by atoms with Crippen molar-refractivity contribution in [3.8, 4) is 0 Å². The van der Waals surface area contributed by atoms with Gasteiger partial charge in [-0.3, -0.25) is 4.79 Å². The Morgan fingerprint density at radius 2 is 2.00 bits per heavy atom. The Hall–Kier alpha value is -1.30. The molecule has 0 aromatic carbocycles. The summed E-state index contributed by atoms with van der Waals surface area (Å²) >= 11 is 0. The van der Waals surface area contributed by atoms with E-state index in [9.17, 15) is 14.7 Å². The van der Waals surface area contributed by atoms with Gasteiger partial charge in [-0.15, -0.1) is 0 Å². The molecule has 2 amide bonds. The molecule has 1 unspecified atom stereocenters. The lowest BCUT2D eigenvalue weighted by Gasteiger charge is -2.33. The first kappa shape index (κ1) is 17.8. The summed E-state index contributed by atoms with van der Waals surface area (Å²) in [6.07, 6.45) is 3.41. The minimum absolute atomic E-state index is 0.0180. The van der Waals surface area contributed by atoms with Gasteiger partial charge in [0.25, 0.3) is 0 Å². The van der Waals surface area contributed by atoms with Crippen LogP contribution in [-0.2, 0) is 4.79 Å². The molecule has 0 aliphatic carbocycles. The molecule has 1 heterocycles. The number of carbonyl (C=O) groups excluding carboxylic acids is 1. The summed E-state index contributed by atoms with van der Waals surface area (Å²) in [7, 11) is 0. The number of hydrogen-bond donors (Lipinski definition) is 2. The first-order chi connectivity index (χ1) is 10.0. The van der Waals surface area contributed by atoms with Crippen molar-refractivity contribution in [3.63, 3.8) is 0 Å². The first-order valence-electron chi connectivity index (χ1n) is 7.91. The molecule has 2 N–H and O–H groups in total. The van der Waals surface area contributed by atoms with Gasteiger partial charge in [0, 0.05) is 32.1 Å². The van der Waals surface area contributed by atoms with Gasteiger partial charge in [-0.05, 0) is 31.6 Å². The number of likely N-dealkylation sites (tertiary alicyclic amines) is 1. The molecule has 6 nitrogen and oxygen atoms in total. The third-order valence-corrected chi connectivity index (χ3v) is 4.29. The van der Waals surface area contributed by atoms with Crippen LogP contribution in [0.1, 0.15) is 46.0 Å². The van der Waals surface area contributed by atoms with Crippen LogP contribution < -0.4 is 0 Å². The van der Waals surface area contributed by atoms with Crippen molar-refractivity contribution in [2.45, 2.75) is 52.0 Å². The van der Waals surface area contributed by atoms with Gasteiger partial charge in [-0.25, -0.2) is 4.79 Å². The topological polar surface area (TPSA) is 81.1 Å². The molecule has 0 aromatic rings. The van der Waals surface area contributed by atoms with Crippen LogP contribution in [0.25, 0.3) is 0 Å². The molecular weight excluding hydrogens is 272 g/mol. The number of nitrogens with zero attached hydrogens (tertiary/aromatic N) is 2. The summed E-state index contributed by atoms with van der Waals surface area (Å²) in [6.45, 7) is 5.75. The number of rotatable bonds is 8. The van der Waals surface area contributed by atoms with Crippen LogP contribution in [-0.4, -0.2) is 64.3 Å². The predicted molar refractivity (Wildman–Crippen MR) is 80.1 cm³/mol. The van der Waals surface area contributed by atoms with Crippen molar-refractivity contribution in [2.75, 3.05) is 26.2 Å². The summed E-state index contributed by atoms with van der Waals surface area (Å²) in [5.74, 6) is -0.499. The van der Waals surface area contributed by atoms with E-state index in [1.807, 2.05) is 13.8 Å². The van der Waals surface area contributed by atoms with Crippen LogP contribution in [0.3, 0.4) is 0 Å². The fourth-order valence-electron chi connectivity index (χ4n) is 3.02. The predicted octanol–water partition coefficient (Wildman–Crippen LogP) is 1.78. The number of carbonyl (C=O) groups is 2. The second-order valence-electron chi connectivity index (χ2n) is 5.70. The zero-order valence-electron chi connectivity index (χ0n) is 13.1. The van der Waals surface area contributed by atoms with Crippen molar-refractivity contribution in [3.05, 3.63) is 0 Å². The largest absolute Gasteiger partial charge is 0.481 e. The molecule has 6 heteroatoms. The van der Waals surface area contributed by atoms with Gasteiger partial charge in [0.15, 0.2) is 0 Å². The number of amides is 2. The minimum Gasteiger partial charge on any atom is -0.481 e. The van der Waals surface area contributed by atoms with Gasteiger partial charge in [0.1, 0.15) is 0 Å². The maximum Gasteiger partial charge on any atom is 0.320 e. The van der Waals surface area contributed by atoms with E-state index in [0.29, 0.717) is 26.1 Å². The zero-order chi connectivity index (χ0) is 15.8. The normalized spacial score (nSPS) is 18.3. The van der Waals surface area contributed by atoms with Crippen molar-refractivity contribution < 1.29 is 19.8 Å². The van der Waals surface area contributed by atoms with Crippen LogP contribution in [0.5, 0.6) is 0 Å².